The van der Waals surface area contributed by atoms with Crippen molar-refractivity contribution in [2.24, 2.45) is 0 Å². The SMILES string of the molecule is COc1cc(-c2cc(=O)c3c(O)cc(O[C@@H]4OC(C(=O)O)[C@@H](O)[C@H](O)C4O)cc3o2)ccc1O[C@@H]1OC(C)[C@H](O)C(O)[C@@H]1O. The summed E-state index contributed by atoms with van der Waals surface area (Å²) in [4.78, 5) is 24.4. The van der Waals surface area contributed by atoms with Gasteiger partial charge in [0.05, 0.1) is 13.2 Å². The van der Waals surface area contributed by atoms with Crippen LogP contribution in [-0.4, -0.2) is 115 Å². The Morgan fingerprint density at radius 2 is 1.45 bits per heavy atom. The zero-order valence-corrected chi connectivity index (χ0v) is 23.1. The van der Waals surface area contributed by atoms with E-state index in [2.05, 4.69) is 0 Å². The number of phenolic OH excluding ortho intramolecular Hbond substituents is 1. The Bertz CT molecular complexity index is 1590. The molecule has 1 aromatic heterocycles. The molecule has 0 saturated carbocycles. The lowest BCUT2D eigenvalue weighted by Gasteiger charge is -2.39. The summed E-state index contributed by atoms with van der Waals surface area (Å²) >= 11 is 0. The Balaban J connectivity index is 1.44. The number of aliphatic carboxylic acids is 1. The molecule has 0 bridgehead atoms. The van der Waals surface area contributed by atoms with E-state index < -0.39 is 78.6 Å². The molecule has 4 unspecified atom stereocenters. The lowest BCUT2D eigenvalue weighted by molar-refractivity contribution is -0.271. The first kappa shape index (κ1) is 31.4. The van der Waals surface area contributed by atoms with E-state index in [1.807, 2.05) is 0 Å². The Hall–Kier alpha value is -4.00. The van der Waals surface area contributed by atoms with E-state index in [9.17, 15) is 50.4 Å². The maximum absolute atomic E-state index is 13.0. The minimum absolute atomic E-state index is 0.00320. The highest BCUT2D eigenvalue weighted by Crippen LogP contribution is 2.37. The van der Waals surface area contributed by atoms with Crippen LogP contribution >= 0.6 is 0 Å². The summed E-state index contributed by atoms with van der Waals surface area (Å²) in [7, 11) is 1.33. The number of rotatable bonds is 7. The smallest absolute Gasteiger partial charge is 0.335 e. The van der Waals surface area contributed by atoms with Crippen molar-refractivity contribution in [2.45, 2.75) is 68.3 Å². The lowest BCUT2D eigenvalue weighted by atomic mass is 9.99. The minimum atomic E-state index is -1.94. The summed E-state index contributed by atoms with van der Waals surface area (Å²) in [6, 6.07) is 7.62. The van der Waals surface area contributed by atoms with Crippen LogP contribution in [0.3, 0.4) is 0 Å². The number of carboxylic acid groups (broad SMARTS) is 1. The summed E-state index contributed by atoms with van der Waals surface area (Å²) in [5.74, 6) is -2.22. The molecule has 0 amide bonds. The molecule has 10 atom stereocenters. The van der Waals surface area contributed by atoms with E-state index in [1.165, 1.54) is 38.3 Å². The van der Waals surface area contributed by atoms with Gasteiger partial charge in [0.2, 0.25) is 12.6 Å². The van der Waals surface area contributed by atoms with Gasteiger partial charge in [-0.1, -0.05) is 0 Å². The topological polar surface area (TPSA) is 255 Å². The van der Waals surface area contributed by atoms with Crippen LogP contribution in [0, 0.1) is 0 Å². The van der Waals surface area contributed by atoms with Crippen LogP contribution in [0.25, 0.3) is 22.3 Å². The second kappa shape index (κ2) is 12.2. The monoisotopic (exact) mass is 622 g/mol. The molecule has 2 saturated heterocycles. The van der Waals surface area contributed by atoms with Crippen molar-refractivity contribution < 1.29 is 73.7 Å². The maximum Gasteiger partial charge on any atom is 0.335 e. The fraction of sp³-hybridized carbons (Fsp3) is 0.429. The zero-order chi connectivity index (χ0) is 32.0. The molecule has 2 aliphatic heterocycles. The largest absolute Gasteiger partial charge is 0.507 e. The molecule has 238 valence electrons. The van der Waals surface area contributed by atoms with E-state index >= 15 is 0 Å². The summed E-state index contributed by atoms with van der Waals surface area (Å²) in [6.07, 6.45) is -16.0. The molecule has 0 radical (unpaired) electrons. The van der Waals surface area contributed by atoms with Gasteiger partial charge in [0.1, 0.15) is 64.9 Å². The van der Waals surface area contributed by atoms with Crippen LogP contribution in [0.2, 0.25) is 0 Å². The highest BCUT2D eigenvalue weighted by molar-refractivity contribution is 5.86. The molecule has 16 heteroatoms. The molecule has 2 aromatic carbocycles. The predicted octanol–water partition coefficient (Wildman–Crippen LogP) is -1.35. The quantitative estimate of drug-likeness (QED) is 0.152. The second-order valence-corrected chi connectivity index (χ2v) is 10.3. The first-order chi connectivity index (χ1) is 20.8. The molecule has 3 heterocycles. The number of aromatic hydroxyl groups is 1. The number of carbonyl (C=O) groups is 1. The van der Waals surface area contributed by atoms with Crippen molar-refractivity contribution in [3.05, 3.63) is 46.6 Å². The van der Waals surface area contributed by atoms with Gasteiger partial charge in [-0.2, -0.15) is 0 Å². The Morgan fingerprint density at radius 1 is 0.795 bits per heavy atom. The highest BCUT2D eigenvalue weighted by Gasteiger charge is 2.48. The van der Waals surface area contributed by atoms with E-state index in [0.717, 1.165) is 12.1 Å². The maximum atomic E-state index is 13.0. The van der Waals surface area contributed by atoms with E-state index in [4.69, 9.17) is 28.1 Å². The van der Waals surface area contributed by atoms with E-state index in [0.29, 0.717) is 5.56 Å². The van der Waals surface area contributed by atoms with Gasteiger partial charge in [0.25, 0.3) is 0 Å². The molecule has 0 aliphatic carbocycles. The average Bonchev–Trinajstić information content (AvgIpc) is 2.98. The van der Waals surface area contributed by atoms with Crippen LogP contribution in [0.15, 0.2) is 45.6 Å². The third-order valence-corrected chi connectivity index (χ3v) is 7.35. The molecular formula is C28H30O16. The number of aliphatic hydroxyl groups excluding tert-OH is 6. The molecule has 0 spiro atoms. The van der Waals surface area contributed by atoms with Crippen LogP contribution < -0.4 is 19.6 Å². The number of methoxy groups -OCH3 is 1. The summed E-state index contributed by atoms with van der Waals surface area (Å²) in [5.41, 5.74) is -0.522. The third-order valence-electron chi connectivity index (χ3n) is 7.35. The lowest BCUT2D eigenvalue weighted by Crippen LogP contribution is -2.61. The summed E-state index contributed by atoms with van der Waals surface area (Å²) < 4.78 is 33.0. The molecule has 5 rings (SSSR count). The molecule has 2 aliphatic rings. The number of phenols is 1. The third kappa shape index (κ3) is 5.76. The van der Waals surface area contributed by atoms with Crippen LogP contribution in [0.1, 0.15) is 6.92 Å². The zero-order valence-electron chi connectivity index (χ0n) is 23.1. The van der Waals surface area contributed by atoms with Crippen molar-refractivity contribution in [3.63, 3.8) is 0 Å². The van der Waals surface area contributed by atoms with E-state index in [-0.39, 0.29) is 34.0 Å². The Labute approximate surface area is 247 Å². The average molecular weight is 623 g/mol. The van der Waals surface area contributed by atoms with Crippen LogP contribution in [-0.2, 0) is 14.3 Å². The van der Waals surface area contributed by atoms with Gasteiger partial charge in [-0.05, 0) is 25.1 Å². The second-order valence-electron chi connectivity index (χ2n) is 10.3. The Morgan fingerprint density at radius 3 is 2.11 bits per heavy atom. The van der Waals surface area contributed by atoms with Crippen molar-refractivity contribution in [1.29, 1.82) is 0 Å². The molecule has 8 N–H and O–H groups in total. The predicted molar refractivity (Wildman–Crippen MR) is 144 cm³/mol. The minimum Gasteiger partial charge on any atom is -0.507 e. The highest BCUT2D eigenvalue weighted by atomic mass is 16.7. The van der Waals surface area contributed by atoms with Gasteiger partial charge in [-0.3, -0.25) is 4.79 Å². The van der Waals surface area contributed by atoms with Crippen molar-refractivity contribution in [2.75, 3.05) is 7.11 Å². The first-order valence-electron chi connectivity index (χ1n) is 13.3. The number of fused-ring (bicyclic) bond motifs is 1. The standard InChI is InChI=1S/C28H30O16/c1-9-19(31)20(32)23(35)27(40-9)43-14-4-3-10(5-16(14)39-2)15-8-13(30)18-12(29)6-11(7-17(18)42-15)41-28-24(36)21(33)22(34)25(44-28)26(37)38/h3-9,19-25,27-29,31-36H,1-2H3,(H,37,38)/t9?,19-,20?,21-,22-,23-,24?,25?,27-,28+/m0/s1. The normalized spacial score (nSPS) is 32.3. The van der Waals surface area contributed by atoms with Gasteiger partial charge in [0.15, 0.2) is 23.0 Å². The van der Waals surface area contributed by atoms with Gasteiger partial charge < -0.3 is 69.0 Å². The summed E-state index contributed by atoms with van der Waals surface area (Å²) in [6.45, 7) is 1.50. The van der Waals surface area contributed by atoms with Gasteiger partial charge >= 0.3 is 5.97 Å². The van der Waals surface area contributed by atoms with Crippen LogP contribution in [0.4, 0.5) is 0 Å². The van der Waals surface area contributed by atoms with Gasteiger partial charge in [-0.25, -0.2) is 4.79 Å². The Kier molecular flexibility index (Phi) is 8.70. The molecule has 16 nitrogen and oxygen atoms in total. The molecule has 3 aromatic rings. The number of ether oxygens (including phenoxy) is 5. The van der Waals surface area contributed by atoms with Gasteiger partial charge in [0, 0.05) is 23.8 Å². The molecular weight excluding hydrogens is 592 g/mol. The molecule has 2 fully saturated rings. The fourth-order valence-electron chi connectivity index (χ4n) is 4.89. The number of carboxylic acids is 1. The first-order valence-corrected chi connectivity index (χ1v) is 13.3. The molecule has 44 heavy (non-hydrogen) atoms. The summed E-state index contributed by atoms with van der Waals surface area (Å²) in [5, 5.41) is 80.0. The number of hydrogen-bond donors (Lipinski definition) is 8. The number of aliphatic hydroxyl groups is 6. The van der Waals surface area contributed by atoms with Crippen LogP contribution in [0.5, 0.6) is 23.0 Å². The van der Waals surface area contributed by atoms with Crippen molar-refractivity contribution in [3.8, 4) is 34.3 Å². The number of hydrogen-bond acceptors (Lipinski definition) is 15. The van der Waals surface area contributed by atoms with E-state index in [1.54, 1.807) is 0 Å². The number of benzene rings is 2. The van der Waals surface area contributed by atoms with Gasteiger partial charge in [-0.15, -0.1) is 0 Å². The fourth-order valence-corrected chi connectivity index (χ4v) is 4.89. The van der Waals surface area contributed by atoms with Crippen molar-refractivity contribution >= 4 is 16.9 Å². The van der Waals surface area contributed by atoms with Crippen molar-refractivity contribution in [1.82, 2.24) is 0 Å².